The number of ether oxygens (including phenoxy) is 1. The van der Waals surface area contributed by atoms with Crippen molar-refractivity contribution in [3.05, 3.63) is 81.8 Å². The van der Waals surface area contributed by atoms with Crippen LogP contribution in [0.15, 0.2) is 59.4 Å². The van der Waals surface area contributed by atoms with Gasteiger partial charge in [0.1, 0.15) is 5.75 Å². The molecule has 2 aliphatic heterocycles. The standard InChI is InChI=1S/C28H31F3N6O3/c1-40-24-5-3-2-4-23(24)35-12-10-34(11-13-35)19-22-18-25(38)33-27(32-22)37-16-14-36(15-17-37)26(39)20-6-8-21(9-7-20)28(29,30)31/h2-9,18H,10-17,19H2,1H3,(H,32,33,38). The van der Waals surface area contributed by atoms with Gasteiger partial charge in [0.2, 0.25) is 5.95 Å². The van der Waals surface area contributed by atoms with Gasteiger partial charge in [0.25, 0.3) is 11.5 Å². The smallest absolute Gasteiger partial charge is 0.416 e. The van der Waals surface area contributed by atoms with Crippen molar-refractivity contribution in [3.8, 4) is 5.75 Å². The Hall–Kier alpha value is -4.06. The normalized spacial score (nSPS) is 16.8. The van der Waals surface area contributed by atoms with Crippen molar-refractivity contribution in [2.45, 2.75) is 12.7 Å². The number of aromatic amines is 1. The van der Waals surface area contributed by atoms with Crippen LogP contribution in [0.1, 0.15) is 21.6 Å². The van der Waals surface area contributed by atoms with Crippen molar-refractivity contribution < 1.29 is 22.7 Å². The molecule has 5 rings (SSSR count). The van der Waals surface area contributed by atoms with Gasteiger partial charge in [-0.15, -0.1) is 0 Å². The van der Waals surface area contributed by atoms with Gasteiger partial charge in [-0.1, -0.05) is 12.1 Å². The Morgan fingerprint density at radius 1 is 0.925 bits per heavy atom. The van der Waals surface area contributed by atoms with Crippen molar-refractivity contribution in [1.29, 1.82) is 0 Å². The van der Waals surface area contributed by atoms with Gasteiger partial charge in [0.15, 0.2) is 0 Å². The molecule has 0 spiro atoms. The first-order valence-corrected chi connectivity index (χ1v) is 13.1. The van der Waals surface area contributed by atoms with E-state index in [1.165, 1.54) is 18.2 Å². The van der Waals surface area contributed by atoms with E-state index in [1.54, 1.807) is 12.0 Å². The first kappa shape index (κ1) is 27.5. The molecule has 212 valence electrons. The highest BCUT2D eigenvalue weighted by Gasteiger charge is 2.31. The van der Waals surface area contributed by atoms with Crippen molar-refractivity contribution in [2.75, 3.05) is 69.3 Å². The van der Waals surface area contributed by atoms with Crippen LogP contribution in [0, 0.1) is 0 Å². The van der Waals surface area contributed by atoms with Crippen LogP contribution in [0.4, 0.5) is 24.8 Å². The van der Waals surface area contributed by atoms with E-state index < -0.39 is 11.7 Å². The molecule has 0 aliphatic carbocycles. The van der Waals surface area contributed by atoms with Crippen molar-refractivity contribution >= 4 is 17.5 Å². The minimum atomic E-state index is -4.45. The highest BCUT2D eigenvalue weighted by Crippen LogP contribution is 2.30. The summed E-state index contributed by atoms with van der Waals surface area (Å²) in [6.45, 7) is 5.42. The molecule has 2 saturated heterocycles. The maximum absolute atomic E-state index is 12.8. The lowest BCUT2D eigenvalue weighted by atomic mass is 10.1. The Kier molecular flexibility index (Phi) is 7.97. The third kappa shape index (κ3) is 6.22. The number of hydrogen-bond acceptors (Lipinski definition) is 7. The number of hydrogen-bond donors (Lipinski definition) is 1. The molecule has 2 fully saturated rings. The molecule has 3 aromatic rings. The monoisotopic (exact) mass is 556 g/mol. The van der Waals surface area contributed by atoms with E-state index in [0.717, 1.165) is 49.7 Å². The predicted molar refractivity (Wildman–Crippen MR) is 145 cm³/mol. The second-order valence-electron chi connectivity index (χ2n) is 9.85. The van der Waals surface area contributed by atoms with Crippen LogP contribution >= 0.6 is 0 Å². The molecule has 3 heterocycles. The lowest BCUT2D eigenvalue weighted by Gasteiger charge is -2.37. The number of carbonyl (C=O) groups excluding carboxylic acids is 1. The van der Waals surface area contributed by atoms with Crippen LogP contribution in [0.3, 0.4) is 0 Å². The Bertz CT molecular complexity index is 1380. The largest absolute Gasteiger partial charge is 0.495 e. The zero-order valence-electron chi connectivity index (χ0n) is 22.2. The lowest BCUT2D eigenvalue weighted by molar-refractivity contribution is -0.137. The van der Waals surface area contributed by atoms with Gasteiger partial charge >= 0.3 is 6.18 Å². The quantitative estimate of drug-likeness (QED) is 0.500. The zero-order chi connectivity index (χ0) is 28.3. The number of para-hydroxylation sites is 2. The van der Waals surface area contributed by atoms with E-state index in [2.05, 4.69) is 20.9 Å². The summed E-state index contributed by atoms with van der Waals surface area (Å²) in [6.07, 6.45) is -4.45. The van der Waals surface area contributed by atoms with E-state index in [1.807, 2.05) is 23.1 Å². The molecule has 1 N–H and O–H groups in total. The molecule has 1 amide bonds. The average molecular weight is 557 g/mol. The van der Waals surface area contributed by atoms with E-state index in [0.29, 0.717) is 44.4 Å². The summed E-state index contributed by atoms with van der Waals surface area (Å²) < 4.78 is 44.0. The Morgan fingerprint density at radius 3 is 2.23 bits per heavy atom. The van der Waals surface area contributed by atoms with Crippen LogP contribution in [0.5, 0.6) is 5.75 Å². The van der Waals surface area contributed by atoms with Crippen molar-refractivity contribution in [1.82, 2.24) is 19.8 Å². The topological polar surface area (TPSA) is 85.0 Å². The minimum absolute atomic E-state index is 0.209. The molecule has 0 atom stereocenters. The highest BCUT2D eigenvalue weighted by molar-refractivity contribution is 5.94. The lowest BCUT2D eigenvalue weighted by Crippen LogP contribution is -2.49. The number of rotatable bonds is 6. The molecule has 0 bridgehead atoms. The average Bonchev–Trinajstić information content (AvgIpc) is 2.96. The number of nitrogens with one attached hydrogen (secondary N) is 1. The summed E-state index contributed by atoms with van der Waals surface area (Å²) in [6, 6.07) is 13.7. The highest BCUT2D eigenvalue weighted by atomic mass is 19.4. The van der Waals surface area contributed by atoms with Gasteiger partial charge in [-0.3, -0.25) is 19.5 Å². The summed E-state index contributed by atoms with van der Waals surface area (Å²) in [5.74, 6) is 0.977. The number of aromatic nitrogens is 2. The third-order valence-corrected chi connectivity index (χ3v) is 7.29. The maximum atomic E-state index is 12.8. The number of methoxy groups -OCH3 is 1. The molecule has 2 aromatic carbocycles. The second kappa shape index (κ2) is 11.6. The number of nitrogens with zero attached hydrogens (tertiary/aromatic N) is 5. The molecular weight excluding hydrogens is 525 g/mol. The summed E-state index contributed by atoms with van der Waals surface area (Å²) in [4.78, 5) is 40.8. The van der Waals surface area contributed by atoms with E-state index in [4.69, 9.17) is 9.72 Å². The SMILES string of the molecule is COc1ccccc1N1CCN(Cc2cc(=O)[nH]c(N3CCN(C(=O)c4ccc(C(F)(F)F)cc4)CC3)n2)CC1. The second-order valence-corrected chi connectivity index (χ2v) is 9.85. The van der Waals surface area contributed by atoms with Crippen LogP contribution in [-0.2, 0) is 12.7 Å². The van der Waals surface area contributed by atoms with E-state index in [9.17, 15) is 22.8 Å². The number of halogens is 3. The molecule has 0 saturated carbocycles. The Labute approximate surface area is 229 Å². The van der Waals surface area contributed by atoms with Crippen molar-refractivity contribution in [2.24, 2.45) is 0 Å². The summed E-state index contributed by atoms with van der Waals surface area (Å²) in [5.41, 5.74) is 0.920. The van der Waals surface area contributed by atoms with Gasteiger partial charge < -0.3 is 19.4 Å². The van der Waals surface area contributed by atoms with Crippen LogP contribution in [-0.4, -0.2) is 85.1 Å². The van der Waals surface area contributed by atoms with Crippen molar-refractivity contribution in [3.63, 3.8) is 0 Å². The fourth-order valence-corrected chi connectivity index (χ4v) is 5.10. The first-order chi connectivity index (χ1) is 19.2. The van der Waals surface area contributed by atoms with Crippen LogP contribution < -0.4 is 20.1 Å². The van der Waals surface area contributed by atoms with Gasteiger partial charge in [0, 0.05) is 70.5 Å². The summed E-state index contributed by atoms with van der Waals surface area (Å²) >= 11 is 0. The maximum Gasteiger partial charge on any atom is 0.416 e. The van der Waals surface area contributed by atoms with Gasteiger partial charge in [0.05, 0.1) is 24.1 Å². The number of amides is 1. The summed E-state index contributed by atoms with van der Waals surface area (Å²) in [7, 11) is 1.67. The van der Waals surface area contributed by atoms with Gasteiger partial charge in [-0.25, -0.2) is 4.98 Å². The molecule has 12 heteroatoms. The molecule has 0 unspecified atom stereocenters. The number of alkyl halides is 3. The molecule has 2 aliphatic rings. The summed E-state index contributed by atoms with van der Waals surface area (Å²) in [5, 5.41) is 0. The zero-order valence-corrected chi connectivity index (χ0v) is 22.2. The van der Waals surface area contributed by atoms with Gasteiger partial charge in [-0.05, 0) is 36.4 Å². The third-order valence-electron chi connectivity index (χ3n) is 7.29. The predicted octanol–water partition coefficient (Wildman–Crippen LogP) is 3.08. The number of piperazine rings is 2. The number of anilines is 2. The molecule has 0 radical (unpaired) electrons. The van der Waals surface area contributed by atoms with E-state index >= 15 is 0 Å². The van der Waals surface area contributed by atoms with Crippen LogP contribution in [0.25, 0.3) is 0 Å². The number of benzene rings is 2. The molecule has 40 heavy (non-hydrogen) atoms. The van der Waals surface area contributed by atoms with Gasteiger partial charge in [-0.2, -0.15) is 13.2 Å². The fourth-order valence-electron chi connectivity index (χ4n) is 5.10. The number of carbonyl (C=O) groups is 1. The molecule has 1 aromatic heterocycles. The minimum Gasteiger partial charge on any atom is -0.495 e. The molecular formula is C28H31F3N6O3. The van der Waals surface area contributed by atoms with E-state index in [-0.39, 0.29) is 17.0 Å². The molecule has 9 nitrogen and oxygen atoms in total. The Balaban J connectivity index is 1.17. The first-order valence-electron chi connectivity index (χ1n) is 13.1. The fraction of sp³-hybridized carbons (Fsp3) is 0.393. The Morgan fingerprint density at radius 2 is 1.57 bits per heavy atom. The van der Waals surface area contributed by atoms with Crippen LogP contribution in [0.2, 0.25) is 0 Å². The number of H-pyrrole nitrogens is 1.